The quantitative estimate of drug-likeness (QED) is 0.812. The SMILES string of the molecule is COc1ccc2c3c1O[C@@H]1[C@]34CCN(C)[C@H](C2)[C@]42C=C[C@@]1(OC)C([C@H](C)O)C2. The molecule has 1 unspecified atom stereocenters. The van der Waals surface area contributed by atoms with Gasteiger partial charge in [0.1, 0.15) is 11.7 Å². The zero-order valence-electron chi connectivity index (χ0n) is 17.1. The van der Waals surface area contributed by atoms with Crippen molar-refractivity contribution in [3.63, 3.8) is 0 Å². The van der Waals surface area contributed by atoms with E-state index in [9.17, 15) is 5.11 Å². The zero-order chi connectivity index (χ0) is 19.5. The topological polar surface area (TPSA) is 51.2 Å². The molecule has 28 heavy (non-hydrogen) atoms. The lowest BCUT2D eigenvalue weighted by Gasteiger charge is -2.71. The van der Waals surface area contributed by atoms with E-state index in [1.54, 1.807) is 14.2 Å². The van der Waals surface area contributed by atoms with Crippen molar-refractivity contribution in [3.8, 4) is 11.5 Å². The molecule has 1 saturated carbocycles. The lowest BCUT2D eigenvalue weighted by molar-refractivity contribution is -0.228. The third kappa shape index (κ3) is 1.54. The number of nitrogens with zero attached hydrogens (tertiary/aromatic N) is 1. The van der Waals surface area contributed by atoms with Gasteiger partial charge in [-0.05, 0) is 51.4 Å². The number of aliphatic hydroxyl groups is 1. The number of aliphatic hydroxyl groups excluding tert-OH is 1. The Bertz CT molecular complexity index is 897. The number of likely N-dealkylation sites (N-methyl/N-ethyl adjacent to an activating group) is 1. The monoisotopic (exact) mass is 383 g/mol. The number of hydrogen-bond acceptors (Lipinski definition) is 5. The lowest BCUT2D eigenvalue weighted by atomic mass is 9.37. The zero-order valence-corrected chi connectivity index (χ0v) is 17.1. The molecule has 7 atom stereocenters. The van der Waals surface area contributed by atoms with E-state index in [1.165, 1.54) is 11.1 Å². The second kappa shape index (κ2) is 5.13. The molecule has 2 aliphatic heterocycles. The van der Waals surface area contributed by atoms with E-state index in [1.807, 2.05) is 6.92 Å². The summed E-state index contributed by atoms with van der Waals surface area (Å²) in [5, 5.41) is 10.8. The van der Waals surface area contributed by atoms with Gasteiger partial charge in [0, 0.05) is 30.0 Å². The molecule has 5 nitrogen and oxygen atoms in total. The van der Waals surface area contributed by atoms with E-state index in [-0.39, 0.29) is 22.9 Å². The fraction of sp³-hybridized carbons (Fsp3) is 0.652. The predicted molar refractivity (Wildman–Crippen MR) is 105 cm³/mol. The molecule has 0 radical (unpaired) electrons. The highest BCUT2D eigenvalue weighted by Crippen LogP contribution is 2.74. The molecule has 7 rings (SSSR count). The number of hydrogen-bond donors (Lipinski definition) is 1. The number of benzene rings is 1. The van der Waals surface area contributed by atoms with Crippen molar-refractivity contribution in [2.45, 2.75) is 55.5 Å². The molecule has 6 aliphatic rings. The van der Waals surface area contributed by atoms with Gasteiger partial charge in [-0.1, -0.05) is 18.2 Å². The van der Waals surface area contributed by atoms with Crippen molar-refractivity contribution in [2.75, 3.05) is 27.8 Å². The van der Waals surface area contributed by atoms with E-state index in [0.29, 0.717) is 6.04 Å². The van der Waals surface area contributed by atoms with Crippen molar-refractivity contribution in [1.29, 1.82) is 0 Å². The van der Waals surface area contributed by atoms with Crippen LogP contribution >= 0.6 is 0 Å². The van der Waals surface area contributed by atoms with Crippen LogP contribution in [0.2, 0.25) is 0 Å². The van der Waals surface area contributed by atoms with Gasteiger partial charge in [-0.2, -0.15) is 0 Å². The van der Waals surface area contributed by atoms with Crippen LogP contribution in [0.4, 0.5) is 0 Å². The van der Waals surface area contributed by atoms with Crippen LogP contribution in [-0.4, -0.2) is 61.7 Å². The maximum absolute atomic E-state index is 10.8. The van der Waals surface area contributed by atoms with Crippen molar-refractivity contribution >= 4 is 0 Å². The molecular weight excluding hydrogens is 354 g/mol. The summed E-state index contributed by atoms with van der Waals surface area (Å²) in [6, 6.07) is 4.70. The predicted octanol–water partition coefficient (Wildman–Crippen LogP) is 2.30. The maximum Gasteiger partial charge on any atom is 0.166 e. The first-order valence-electron chi connectivity index (χ1n) is 10.5. The van der Waals surface area contributed by atoms with Crippen molar-refractivity contribution in [2.24, 2.45) is 11.3 Å². The van der Waals surface area contributed by atoms with Gasteiger partial charge >= 0.3 is 0 Å². The lowest BCUT2D eigenvalue weighted by Crippen LogP contribution is -2.79. The molecule has 1 aromatic rings. The van der Waals surface area contributed by atoms with Crippen molar-refractivity contribution in [3.05, 3.63) is 35.4 Å². The van der Waals surface area contributed by atoms with Crippen LogP contribution in [0.1, 0.15) is 30.9 Å². The Kier molecular flexibility index (Phi) is 3.17. The first-order valence-corrected chi connectivity index (χ1v) is 10.5. The van der Waals surface area contributed by atoms with E-state index >= 15 is 0 Å². The third-order valence-corrected chi connectivity index (χ3v) is 8.91. The fourth-order valence-electron chi connectivity index (χ4n) is 7.81. The number of likely N-dealkylation sites (tertiary alicyclic amines) is 1. The standard InChI is InChI=1S/C23H29NO4/c1-13(25)15-12-21-7-8-23(15,27-4)20-22(21)9-10-24(2)17(21)11-14-5-6-16(26-3)19(28-20)18(14)22/h5-8,13,15,17,20,25H,9-12H2,1-4H3/t13-,15?,17+,20+,21+,22-,23+/m0/s1. The van der Waals surface area contributed by atoms with Gasteiger partial charge in [0.05, 0.1) is 18.6 Å². The van der Waals surface area contributed by atoms with E-state index in [0.717, 1.165) is 37.3 Å². The van der Waals surface area contributed by atoms with Crippen LogP contribution in [0.5, 0.6) is 11.5 Å². The Hall–Kier alpha value is -1.56. The highest BCUT2D eigenvalue weighted by molar-refractivity contribution is 5.65. The molecule has 0 aromatic heterocycles. The number of ether oxygens (including phenoxy) is 3. The second-order valence-corrected chi connectivity index (χ2v) is 9.53. The second-order valence-electron chi connectivity index (χ2n) is 9.53. The van der Waals surface area contributed by atoms with Crippen molar-refractivity contribution < 1.29 is 19.3 Å². The van der Waals surface area contributed by atoms with E-state index in [4.69, 9.17) is 14.2 Å². The van der Waals surface area contributed by atoms with E-state index < -0.39 is 11.7 Å². The molecule has 1 aromatic carbocycles. The maximum atomic E-state index is 10.8. The first-order chi connectivity index (χ1) is 13.4. The molecule has 2 heterocycles. The fourth-order valence-corrected chi connectivity index (χ4v) is 7.81. The smallest absolute Gasteiger partial charge is 0.166 e. The van der Waals surface area contributed by atoms with Crippen LogP contribution in [0, 0.1) is 11.3 Å². The molecule has 150 valence electrons. The molecule has 2 fully saturated rings. The van der Waals surface area contributed by atoms with Gasteiger partial charge in [-0.25, -0.2) is 0 Å². The van der Waals surface area contributed by atoms with Gasteiger partial charge in [0.25, 0.3) is 0 Å². The van der Waals surface area contributed by atoms with Crippen LogP contribution in [-0.2, 0) is 16.6 Å². The van der Waals surface area contributed by atoms with Gasteiger partial charge in [0.2, 0.25) is 0 Å². The highest BCUT2D eigenvalue weighted by atomic mass is 16.6. The summed E-state index contributed by atoms with van der Waals surface area (Å²) in [5.74, 6) is 1.74. The minimum Gasteiger partial charge on any atom is -0.493 e. The van der Waals surface area contributed by atoms with Gasteiger partial charge < -0.3 is 24.2 Å². The average Bonchev–Trinajstić information content (AvgIpc) is 3.07. The number of methoxy groups -OCH3 is 2. The Labute approximate surface area is 166 Å². The molecule has 1 N–H and O–H groups in total. The number of piperidine rings is 1. The largest absolute Gasteiger partial charge is 0.493 e. The Balaban J connectivity index is 1.71. The van der Waals surface area contributed by atoms with Crippen LogP contribution in [0.3, 0.4) is 0 Å². The molecule has 4 bridgehead atoms. The summed E-state index contributed by atoms with van der Waals surface area (Å²) in [6.45, 7) is 2.95. The summed E-state index contributed by atoms with van der Waals surface area (Å²) < 4.78 is 18.8. The Morgan fingerprint density at radius 3 is 2.82 bits per heavy atom. The van der Waals surface area contributed by atoms with Gasteiger partial charge in [-0.3, -0.25) is 0 Å². The van der Waals surface area contributed by atoms with Crippen LogP contribution in [0.25, 0.3) is 0 Å². The number of rotatable bonds is 3. The van der Waals surface area contributed by atoms with Gasteiger partial charge in [-0.15, -0.1) is 0 Å². The third-order valence-electron chi connectivity index (χ3n) is 8.91. The molecule has 2 spiro atoms. The van der Waals surface area contributed by atoms with Gasteiger partial charge in [0.15, 0.2) is 11.5 Å². The Morgan fingerprint density at radius 1 is 1.29 bits per heavy atom. The van der Waals surface area contributed by atoms with Crippen LogP contribution in [0.15, 0.2) is 24.3 Å². The highest BCUT2D eigenvalue weighted by Gasteiger charge is 2.79. The molecule has 5 heteroatoms. The molecule has 0 amide bonds. The molecular formula is C23H29NO4. The molecule has 4 aliphatic carbocycles. The summed E-state index contributed by atoms with van der Waals surface area (Å²) in [6.07, 6.45) is 7.06. The minimum atomic E-state index is -0.616. The summed E-state index contributed by atoms with van der Waals surface area (Å²) in [4.78, 5) is 2.53. The first kappa shape index (κ1) is 17.3. The number of fused-ring (bicyclic) bond motifs is 1. The summed E-state index contributed by atoms with van der Waals surface area (Å²) in [7, 11) is 5.74. The van der Waals surface area contributed by atoms with E-state index in [2.05, 4.69) is 36.2 Å². The Morgan fingerprint density at radius 2 is 2.11 bits per heavy atom. The molecule has 1 saturated heterocycles. The summed E-state index contributed by atoms with van der Waals surface area (Å²) >= 11 is 0. The average molecular weight is 383 g/mol. The van der Waals surface area contributed by atoms with Crippen LogP contribution < -0.4 is 9.47 Å². The summed E-state index contributed by atoms with van der Waals surface area (Å²) in [5.41, 5.74) is 1.97. The minimum absolute atomic E-state index is 0.0106. The van der Waals surface area contributed by atoms with Crippen molar-refractivity contribution in [1.82, 2.24) is 4.90 Å². The normalized spacial score (nSPS) is 45.5.